The Labute approximate surface area is 186 Å². The van der Waals surface area contributed by atoms with Gasteiger partial charge in [-0.2, -0.15) is 5.26 Å². The standard InChI is InChI=1S/C25H24N2O5/c1-15-6-5-7-16(2)23(15)32-14-21(28)22-17(3)20(12-26)24(29)27(25(22)30)13-18-8-10-19(31-4)11-9-18/h5-11,30H,13-14H2,1-4H3. The molecule has 1 N–H and O–H groups in total. The quantitative estimate of drug-likeness (QED) is 0.572. The van der Waals surface area contributed by atoms with Crippen LogP contribution in [0.25, 0.3) is 0 Å². The first-order valence-electron chi connectivity index (χ1n) is 10.00. The highest BCUT2D eigenvalue weighted by Crippen LogP contribution is 2.26. The van der Waals surface area contributed by atoms with E-state index in [1.807, 2.05) is 38.1 Å². The highest BCUT2D eigenvalue weighted by atomic mass is 16.5. The second-order valence-corrected chi connectivity index (χ2v) is 7.48. The van der Waals surface area contributed by atoms with Gasteiger partial charge >= 0.3 is 0 Å². The maximum atomic E-state index is 13.0. The average molecular weight is 432 g/mol. The van der Waals surface area contributed by atoms with Gasteiger partial charge in [0, 0.05) is 0 Å². The number of hydrogen-bond acceptors (Lipinski definition) is 6. The summed E-state index contributed by atoms with van der Waals surface area (Å²) < 4.78 is 11.9. The Bertz CT molecular complexity index is 1250. The monoisotopic (exact) mass is 432 g/mol. The number of rotatable bonds is 7. The van der Waals surface area contributed by atoms with Crippen LogP contribution >= 0.6 is 0 Å². The fraction of sp³-hybridized carbons (Fsp3) is 0.240. The van der Waals surface area contributed by atoms with Crippen molar-refractivity contribution in [2.45, 2.75) is 27.3 Å². The van der Waals surface area contributed by atoms with Crippen molar-refractivity contribution in [2.75, 3.05) is 13.7 Å². The van der Waals surface area contributed by atoms with E-state index in [0.717, 1.165) is 15.7 Å². The summed E-state index contributed by atoms with van der Waals surface area (Å²) in [5, 5.41) is 20.4. The van der Waals surface area contributed by atoms with Crippen molar-refractivity contribution in [3.63, 3.8) is 0 Å². The largest absolute Gasteiger partial charge is 0.497 e. The Hall–Kier alpha value is -4.05. The van der Waals surface area contributed by atoms with Crippen LogP contribution in [0.5, 0.6) is 17.4 Å². The lowest BCUT2D eigenvalue weighted by molar-refractivity contribution is 0.0915. The summed E-state index contributed by atoms with van der Waals surface area (Å²) in [6, 6.07) is 14.4. The van der Waals surface area contributed by atoms with E-state index in [-0.39, 0.29) is 29.8 Å². The summed E-state index contributed by atoms with van der Waals surface area (Å²) in [6.45, 7) is 4.87. The molecule has 7 nitrogen and oxygen atoms in total. The molecule has 1 aromatic heterocycles. The molecule has 0 fully saturated rings. The third-order valence-corrected chi connectivity index (χ3v) is 5.34. The number of aromatic nitrogens is 1. The normalized spacial score (nSPS) is 10.5. The molecule has 0 amide bonds. The van der Waals surface area contributed by atoms with Gasteiger partial charge in [0.2, 0.25) is 11.7 Å². The molecule has 0 aliphatic rings. The lowest BCUT2D eigenvalue weighted by atomic mass is 10.0. The predicted octanol–water partition coefficient (Wildman–Crippen LogP) is 3.67. The molecule has 1 heterocycles. The number of nitriles is 1. The molecule has 164 valence electrons. The van der Waals surface area contributed by atoms with Crippen LogP contribution in [0.1, 0.15) is 38.2 Å². The molecule has 0 radical (unpaired) electrons. The smallest absolute Gasteiger partial charge is 0.271 e. The van der Waals surface area contributed by atoms with Crippen LogP contribution in [0.3, 0.4) is 0 Å². The molecule has 3 aromatic rings. The van der Waals surface area contributed by atoms with Crippen LogP contribution in [0.2, 0.25) is 0 Å². The molecule has 7 heteroatoms. The Morgan fingerprint density at radius 2 is 1.72 bits per heavy atom. The number of para-hydroxylation sites is 1. The van der Waals surface area contributed by atoms with Crippen LogP contribution in [0.4, 0.5) is 0 Å². The molecule has 0 atom stereocenters. The number of hydrogen-bond donors (Lipinski definition) is 1. The number of pyridine rings is 1. The first-order chi connectivity index (χ1) is 15.3. The topological polar surface area (TPSA) is 102 Å². The molecule has 0 saturated heterocycles. The minimum absolute atomic E-state index is 0.0122. The van der Waals surface area contributed by atoms with Gasteiger partial charge in [0.1, 0.15) is 23.1 Å². The molecule has 3 rings (SSSR count). The number of aromatic hydroxyl groups is 1. The first kappa shape index (κ1) is 22.6. The molecule has 0 bridgehead atoms. The van der Waals surface area contributed by atoms with Crippen LogP contribution in [0.15, 0.2) is 47.3 Å². The van der Waals surface area contributed by atoms with E-state index in [4.69, 9.17) is 9.47 Å². The van der Waals surface area contributed by atoms with Crippen molar-refractivity contribution in [3.8, 4) is 23.4 Å². The van der Waals surface area contributed by atoms with Gasteiger partial charge in [0.05, 0.1) is 19.2 Å². The number of carbonyl (C=O) groups excluding carboxylic acids is 1. The number of Topliss-reactive ketones (excluding diaryl/α,β-unsaturated/α-hetero) is 1. The highest BCUT2D eigenvalue weighted by molar-refractivity contribution is 6.01. The van der Waals surface area contributed by atoms with Crippen molar-refractivity contribution in [1.82, 2.24) is 4.57 Å². The van der Waals surface area contributed by atoms with E-state index < -0.39 is 17.2 Å². The molecule has 0 spiro atoms. The maximum Gasteiger partial charge on any atom is 0.271 e. The number of ether oxygens (including phenoxy) is 2. The Balaban J connectivity index is 1.99. The summed E-state index contributed by atoms with van der Waals surface area (Å²) in [5.74, 6) is 0.219. The summed E-state index contributed by atoms with van der Waals surface area (Å²) in [4.78, 5) is 25.8. The molecule has 0 aliphatic carbocycles. The zero-order chi connectivity index (χ0) is 23.4. The van der Waals surface area contributed by atoms with Crippen LogP contribution < -0.4 is 15.0 Å². The van der Waals surface area contributed by atoms with E-state index in [1.54, 1.807) is 31.4 Å². The second-order valence-electron chi connectivity index (χ2n) is 7.48. The first-order valence-corrected chi connectivity index (χ1v) is 10.00. The van der Waals surface area contributed by atoms with E-state index >= 15 is 0 Å². The SMILES string of the molecule is COc1ccc(Cn2c(O)c(C(=O)COc3c(C)cccc3C)c(C)c(C#N)c2=O)cc1. The molecular weight excluding hydrogens is 408 g/mol. The third-order valence-electron chi connectivity index (χ3n) is 5.34. The van der Waals surface area contributed by atoms with Gasteiger partial charge < -0.3 is 14.6 Å². The summed E-state index contributed by atoms with van der Waals surface area (Å²) in [6.07, 6.45) is 0. The molecular formula is C25H24N2O5. The molecule has 0 unspecified atom stereocenters. The number of nitrogens with zero attached hydrogens (tertiary/aromatic N) is 2. The van der Waals surface area contributed by atoms with Gasteiger partial charge in [0.25, 0.3) is 5.56 Å². The molecule has 32 heavy (non-hydrogen) atoms. The lowest BCUT2D eigenvalue weighted by Crippen LogP contribution is -2.28. The van der Waals surface area contributed by atoms with Gasteiger partial charge in [-0.05, 0) is 55.2 Å². The van der Waals surface area contributed by atoms with Gasteiger partial charge in [-0.3, -0.25) is 14.2 Å². The second kappa shape index (κ2) is 9.40. The average Bonchev–Trinajstić information content (AvgIpc) is 2.77. The predicted molar refractivity (Wildman–Crippen MR) is 120 cm³/mol. The Kier molecular flexibility index (Phi) is 6.64. The third kappa shape index (κ3) is 4.35. The lowest BCUT2D eigenvalue weighted by Gasteiger charge is -2.17. The molecule has 2 aromatic carbocycles. The number of aryl methyl sites for hydroxylation is 2. The van der Waals surface area contributed by atoms with Gasteiger partial charge in [-0.1, -0.05) is 30.3 Å². The molecule has 0 saturated carbocycles. The van der Waals surface area contributed by atoms with Crippen molar-refractivity contribution < 1.29 is 19.4 Å². The Morgan fingerprint density at radius 3 is 2.28 bits per heavy atom. The zero-order valence-electron chi connectivity index (χ0n) is 18.4. The van der Waals surface area contributed by atoms with E-state index in [0.29, 0.717) is 17.1 Å². The van der Waals surface area contributed by atoms with E-state index in [2.05, 4.69) is 0 Å². The summed E-state index contributed by atoms with van der Waals surface area (Å²) >= 11 is 0. The minimum Gasteiger partial charge on any atom is -0.497 e. The van der Waals surface area contributed by atoms with E-state index in [9.17, 15) is 20.0 Å². The zero-order valence-corrected chi connectivity index (χ0v) is 18.4. The number of methoxy groups -OCH3 is 1. The van der Waals surface area contributed by atoms with Crippen molar-refractivity contribution in [3.05, 3.63) is 86.2 Å². The van der Waals surface area contributed by atoms with Crippen LogP contribution in [0, 0.1) is 32.1 Å². The highest BCUT2D eigenvalue weighted by Gasteiger charge is 2.24. The minimum atomic E-state index is -0.662. The van der Waals surface area contributed by atoms with Crippen molar-refractivity contribution in [2.24, 2.45) is 0 Å². The molecule has 0 aliphatic heterocycles. The fourth-order valence-corrected chi connectivity index (χ4v) is 3.58. The number of benzene rings is 2. The number of ketones is 1. The summed E-state index contributed by atoms with van der Waals surface area (Å²) in [5.41, 5.74) is 1.64. The maximum absolute atomic E-state index is 13.0. The van der Waals surface area contributed by atoms with Crippen LogP contribution in [-0.4, -0.2) is 29.2 Å². The number of carbonyl (C=O) groups is 1. The van der Waals surface area contributed by atoms with Gasteiger partial charge in [0.15, 0.2) is 6.61 Å². The van der Waals surface area contributed by atoms with Gasteiger partial charge in [-0.25, -0.2) is 0 Å². The van der Waals surface area contributed by atoms with E-state index in [1.165, 1.54) is 6.92 Å². The van der Waals surface area contributed by atoms with Gasteiger partial charge in [-0.15, -0.1) is 0 Å². The summed E-state index contributed by atoms with van der Waals surface area (Å²) in [7, 11) is 1.54. The fourth-order valence-electron chi connectivity index (χ4n) is 3.58. The van der Waals surface area contributed by atoms with Crippen molar-refractivity contribution in [1.29, 1.82) is 5.26 Å². The Morgan fingerprint density at radius 1 is 1.09 bits per heavy atom. The van der Waals surface area contributed by atoms with Crippen LogP contribution in [-0.2, 0) is 6.54 Å². The van der Waals surface area contributed by atoms with Crippen molar-refractivity contribution >= 4 is 5.78 Å².